The molecule has 6 heteroatoms. The van der Waals surface area contributed by atoms with Crippen molar-refractivity contribution in [2.24, 2.45) is 5.92 Å². The molecule has 1 N–H and O–H groups in total. The van der Waals surface area contributed by atoms with Gasteiger partial charge in [0.15, 0.2) is 0 Å². The third-order valence-electron chi connectivity index (χ3n) is 3.90. The monoisotopic (exact) mass is 378 g/mol. The first-order valence-corrected chi connectivity index (χ1v) is 9.34. The maximum atomic E-state index is 12.8. The Bertz CT molecular complexity index is 757. The summed E-state index contributed by atoms with van der Waals surface area (Å²) >= 11 is 7.39. The van der Waals surface area contributed by atoms with Gasteiger partial charge < -0.3 is 10.2 Å². The predicted molar refractivity (Wildman–Crippen MR) is 103 cm³/mol. The van der Waals surface area contributed by atoms with Crippen molar-refractivity contribution in [3.8, 4) is 0 Å². The molecular formula is C19H23ClN2O2S. The first-order valence-electron chi connectivity index (χ1n) is 8.14. The Balaban J connectivity index is 2.08. The fraction of sp³-hybridized carbons (Fsp3) is 0.368. The SMILES string of the molecule is Cc1cccc(C(=O)N[C@H](C(=O)N(C)Cc2ccc(Cl)s2)C(C)C)c1. The number of thiophene rings is 1. The van der Waals surface area contributed by atoms with Gasteiger partial charge in [-0.1, -0.05) is 43.1 Å². The van der Waals surface area contributed by atoms with Gasteiger partial charge in [-0.15, -0.1) is 11.3 Å². The molecule has 0 aliphatic rings. The second-order valence-electron chi connectivity index (χ2n) is 6.46. The number of rotatable bonds is 6. The molecule has 1 atom stereocenters. The van der Waals surface area contributed by atoms with Crippen LogP contribution in [0.5, 0.6) is 0 Å². The number of carbonyl (C=O) groups excluding carboxylic acids is 2. The lowest BCUT2D eigenvalue weighted by molar-refractivity contribution is -0.133. The van der Waals surface area contributed by atoms with E-state index in [1.807, 2.05) is 51.1 Å². The van der Waals surface area contributed by atoms with Gasteiger partial charge in [0.05, 0.1) is 10.9 Å². The number of carbonyl (C=O) groups is 2. The first-order chi connectivity index (χ1) is 11.8. The van der Waals surface area contributed by atoms with Crippen LogP contribution in [0, 0.1) is 12.8 Å². The van der Waals surface area contributed by atoms with E-state index in [0.717, 1.165) is 10.4 Å². The average molecular weight is 379 g/mol. The van der Waals surface area contributed by atoms with Crippen LogP contribution in [0.25, 0.3) is 0 Å². The number of hydrogen-bond acceptors (Lipinski definition) is 3. The minimum Gasteiger partial charge on any atom is -0.340 e. The highest BCUT2D eigenvalue weighted by Gasteiger charge is 2.27. The van der Waals surface area contributed by atoms with Crippen molar-refractivity contribution in [3.63, 3.8) is 0 Å². The molecule has 25 heavy (non-hydrogen) atoms. The van der Waals surface area contributed by atoms with E-state index in [0.29, 0.717) is 16.4 Å². The molecule has 2 aromatic rings. The molecule has 0 aliphatic carbocycles. The second kappa shape index (κ2) is 8.50. The molecule has 4 nitrogen and oxygen atoms in total. The number of aryl methyl sites for hydroxylation is 1. The van der Waals surface area contributed by atoms with Crippen LogP contribution in [0.2, 0.25) is 4.34 Å². The predicted octanol–water partition coefficient (Wildman–Crippen LogP) is 4.12. The Morgan fingerprint density at radius 1 is 1.24 bits per heavy atom. The molecule has 0 bridgehead atoms. The number of nitrogens with zero attached hydrogens (tertiary/aromatic N) is 1. The third kappa shape index (κ3) is 5.31. The van der Waals surface area contributed by atoms with Crippen molar-refractivity contribution in [3.05, 3.63) is 56.7 Å². The molecule has 0 aliphatic heterocycles. The van der Waals surface area contributed by atoms with Crippen molar-refractivity contribution in [1.29, 1.82) is 0 Å². The van der Waals surface area contributed by atoms with Crippen molar-refractivity contribution in [2.45, 2.75) is 33.4 Å². The highest BCUT2D eigenvalue weighted by Crippen LogP contribution is 2.22. The van der Waals surface area contributed by atoms with Gasteiger partial charge in [0.2, 0.25) is 5.91 Å². The lowest BCUT2D eigenvalue weighted by Crippen LogP contribution is -2.50. The van der Waals surface area contributed by atoms with Crippen LogP contribution in [-0.2, 0) is 11.3 Å². The molecule has 134 valence electrons. The summed E-state index contributed by atoms with van der Waals surface area (Å²) in [4.78, 5) is 28.0. The van der Waals surface area contributed by atoms with Gasteiger partial charge in [-0.3, -0.25) is 9.59 Å². The van der Waals surface area contributed by atoms with Crippen molar-refractivity contribution >= 4 is 34.8 Å². The Morgan fingerprint density at radius 3 is 2.52 bits per heavy atom. The van der Waals surface area contributed by atoms with Gasteiger partial charge in [0.1, 0.15) is 6.04 Å². The Kier molecular flexibility index (Phi) is 6.62. The third-order valence-corrected chi connectivity index (χ3v) is 5.11. The average Bonchev–Trinajstić information content (AvgIpc) is 2.96. The zero-order valence-electron chi connectivity index (χ0n) is 14.9. The maximum Gasteiger partial charge on any atom is 0.251 e. The van der Waals surface area contributed by atoms with Crippen molar-refractivity contribution in [2.75, 3.05) is 7.05 Å². The molecule has 1 heterocycles. The molecule has 0 saturated heterocycles. The Labute approximate surface area is 157 Å². The van der Waals surface area contributed by atoms with Crippen LogP contribution in [0.4, 0.5) is 0 Å². The van der Waals surface area contributed by atoms with Gasteiger partial charge in [-0.25, -0.2) is 0 Å². The van der Waals surface area contributed by atoms with E-state index < -0.39 is 6.04 Å². The van der Waals surface area contributed by atoms with E-state index in [9.17, 15) is 9.59 Å². The minimum absolute atomic E-state index is 0.0179. The number of benzene rings is 1. The minimum atomic E-state index is -0.576. The molecule has 0 fully saturated rings. The number of halogens is 1. The molecule has 0 spiro atoms. The van der Waals surface area contributed by atoms with Crippen LogP contribution < -0.4 is 5.32 Å². The first kappa shape index (κ1) is 19.5. The topological polar surface area (TPSA) is 49.4 Å². The summed E-state index contributed by atoms with van der Waals surface area (Å²) in [5, 5.41) is 2.88. The standard InChI is InChI=1S/C19H23ClN2O2S/c1-12(2)17(21-18(23)14-7-5-6-13(3)10-14)19(24)22(4)11-15-8-9-16(20)25-15/h5-10,12,17H,11H2,1-4H3,(H,21,23)/t17-/m0/s1. The number of hydrogen-bond donors (Lipinski definition) is 1. The van der Waals surface area contributed by atoms with Crippen LogP contribution in [-0.4, -0.2) is 29.8 Å². The normalized spacial score (nSPS) is 12.1. The summed E-state index contributed by atoms with van der Waals surface area (Å²) < 4.78 is 0.698. The zero-order valence-corrected chi connectivity index (χ0v) is 16.4. The Hall–Kier alpha value is -1.85. The number of amides is 2. The summed E-state index contributed by atoms with van der Waals surface area (Å²) in [5.41, 5.74) is 1.57. The van der Waals surface area contributed by atoms with Crippen LogP contribution in [0.3, 0.4) is 0 Å². The quantitative estimate of drug-likeness (QED) is 0.821. The van der Waals surface area contributed by atoms with Gasteiger partial charge in [-0.05, 0) is 37.1 Å². The van der Waals surface area contributed by atoms with E-state index in [-0.39, 0.29) is 17.7 Å². The van der Waals surface area contributed by atoms with E-state index in [2.05, 4.69) is 5.32 Å². The smallest absolute Gasteiger partial charge is 0.251 e. The maximum absolute atomic E-state index is 12.8. The van der Waals surface area contributed by atoms with Crippen LogP contribution in [0.1, 0.15) is 34.6 Å². The lowest BCUT2D eigenvalue weighted by atomic mass is 10.0. The van der Waals surface area contributed by atoms with Gasteiger partial charge in [-0.2, -0.15) is 0 Å². The van der Waals surface area contributed by atoms with Gasteiger partial charge >= 0.3 is 0 Å². The molecule has 2 amide bonds. The van der Waals surface area contributed by atoms with E-state index >= 15 is 0 Å². The second-order valence-corrected chi connectivity index (χ2v) is 8.26. The summed E-state index contributed by atoms with van der Waals surface area (Å²) in [6.45, 7) is 6.26. The molecule has 0 saturated carbocycles. The highest BCUT2D eigenvalue weighted by molar-refractivity contribution is 7.16. The van der Waals surface area contributed by atoms with E-state index in [1.54, 1.807) is 18.0 Å². The highest BCUT2D eigenvalue weighted by atomic mass is 35.5. The van der Waals surface area contributed by atoms with Gasteiger partial charge in [0, 0.05) is 17.5 Å². The molecule has 0 unspecified atom stereocenters. The van der Waals surface area contributed by atoms with Gasteiger partial charge in [0.25, 0.3) is 5.91 Å². The fourth-order valence-corrected chi connectivity index (χ4v) is 3.65. The van der Waals surface area contributed by atoms with Crippen molar-refractivity contribution < 1.29 is 9.59 Å². The molecule has 2 rings (SSSR count). The summed E-state index contributed by atoms with van der Waals surface area (Å²) in [6.07, 6.45) is 0. The number of nitrogens with one attached hydrogen (secondary N) is 1. The Morgan fingerprint density at radius 2 is 1.96 bits per heavy atom. The van der Waals surface area contributed by atoms with Crippen LogP contribution in [0.15, 0.2) is 36.4 Å². The number of likely N-dealkylation sites (N-methyl/N-ethyl adjacent to an activating group) is 1. The fourth-order valence-electron chi connectivity index (χ4n) is 2.51. The van der Waals surface area contributed by atoms with E-state index in [1.165, 1.54) is 11.3 Å². The van der Waals surface area contributed by atoms with E-state index in [4.69, 9.17) is 11.6 Å². The largest absolute Gasteiger partial charge is 0.340 e. The summed E-state index contributed by atoms with van der Waals surface area (Å²) in [6, 6.07) is 10.5. The molecule has 1 aromatic heterocycles. The zero-order chi connectivity index (χ0) is 18.6. The van der Waals surface area contributed by atoms with Crippen LogP contribution >= 0.6 is 22.9 Å². The molecular weight excluding hydrogens is 356 g/mol. The summed E-state index contributed by atoms with van der Waals surface area (Å²) in [5.74, 6) is -0.362. The summed E-state index contributed by atoms with van der Waals surface area (Å²) in [7, 11) is 1.74. The molecule has 0 radical (unpaired) electrons. The van der Waals surface area contributed by atoms with Crippen molar-refractivity contribution in [1.82, 2.24) is 10.2 Å². The lowest BCUT2D eigenvalue weighted by Gasteiger charge is -2.27. The molecule has 1 aromatic carbocycles.